The minimum absolute atomic E-state index is 0.107. The van der Waals surface area contributed by atoms with Crippen LogP contribution in [0, 0.1) is 0 Å². The molecule has 1 aliphatic rings. The van der Waals surface area contributed by atoms with E-state index in [-0.39, 0.29) is 13.0 Å². The van der Waals surface area contributed by atoms with Gasteiger partial charge in [0.1, 0.15) is 17.8 Å². The van der Waals surface area contributed by atoms with Gasteiger partial charge < -0.3 is 15.2 Å². The fraction of sp³-hybridized carbons (Fsp3) is 0.688. The van der Waals surface area contributed by atoms with Gasteiger partial charge in [-0.2, -0.15) is 0 Å². The molecule has 0 unspecified atom stereocenters. The molecule has 136 valence electrons. The topological polar surface area (TPSA) is 95.9 Å². The number of carbonyl (C=O) groups is 3. The quantitative estimate of drug-likeness (QED) is 0.742. The SMILES string of the molecule is CC[C@@H](/C=C/C(=O)O)NC(=O)[C@@H]1C[C@H](F)CN1C(=O)OC(C)(C)C. The third-order valence-corrected chi connectivity index (χ3v) is 3.42. The average Bonchev–Trinajstić information content (AvgIpc) is 2.83. The van der Waals surface area contributed by atoms with Crippen LogP contribution in [0.4, 0.5) is 9.18 Å². The van der Waals surface area contributed by atoms with E-state index in [2.05, 4.69) is 5.32 Å². The Morgan fingerprint density at radius 2 is 2.04 bits per heavy atom. The maximum atomic E-state index is 13.7. The second-order valence-corrected chi connectivity index (χ2v) is 6.70. The van der Waals surface area contributed by atoms with Gasteiger partial charge in [-0.05, 0) is 27.2 Å². The van der Waals surface area contributed by atoms with Crippen LogP contribution in [0.15, 0.2) is 12.2 Å². The Morgan fingerprint density at radius 1 is 1.42 bits per heavy atom. The van der Waals surface area contributed by atoms with Crippen LogP contribution in [0.5, 0.6) is 0 Å². The van der Waals surface area contributed by atoms with Gasteiger partial charge in [-0.3, -0.25) is 9.69 Å². The van der Waals surface area contributed by atoms with Crippen molar-refractivity contribution in [3.63, 3.8) is 0 Å². The fourth-order valence-corrected chi connectivity index (χ4v) is 2.32. The summed E-state index contributed by atoms with van der Waals surface area (Å²) in [5.41, 5.74) is -0.747. The standard InChI is InChI=1S/C16H25FN2O5/c1-5-11(6-7-13(20)21)18-14(22)12-8-10(17)9-19(12)15(23)24-16(2,3)4/h6-7,10-12H,5,8-9H2,1-4H3,(H,18,22)(H,20,21)/b7-6+/t10-,11-,12-/m0/s1. The number of alkyl halides is 1. The average molecular weight is 344 g/mol. The lowest BCUT2D eigenvalue weighted by molar-refractivity contribution is -0.131. The molecule has 0 aliphatic carbocycles. The van der Waals surface area contributed by atoms with E-state index in [9.17, 15) is 18.8 Å². The van der Waals surface area contributed by atoms with Crippen LogP contribution < -0.4 is 5.32 Å². The van der Waals surface area contributed by atoms with Crippen molar-refractivity contribution in [2.75, 3.05) is 6.54 Å². The molecule has 0 aromatic carbocycles. The lowest BCUT2D eigenvalue weighted by atomic mass is 10.1. The minimum atomic E-state index is -1.30. The van der Waals surface area contributed by atoms with Crippen molar-refractivity contribution in [2.24, 2.45) is 0 Å². The summed E-state index contributed by atoms with van der Waals surface area (Å²) >= 11 is 0. The molecule has 1 aliphatic heterocycles. The Bertz CT molecular complexity index is 515. The molecule has 1 heterocycles. The Balaban J connectivity index is 2.79. The molecule has 0 aromatic heterocycles. The summed E-state index contributed by atoms with van der Waals surface area (Å²) in [6.45, 7) is 6.64. The molecule has 1 fully saturated rings. The Morgan fingerprint density at radius 3 is 2.54 bits per heavy atom. The Kier molecular flexibility index (Phi) is 6.74. The van der Waals surface area contributed by atoms with E-state index in [4.69, 9.17) is 9.84 Å². The van der Waals surface area contributed by atoms with Crippen LogP contribution in [0.1, 0.15) is 40.5 Å². The number of carboxylic acids is 1. The highest BCUT2D eigenvalue weighted by molar-refractivity contribution is 5.87. The Hall–Kier alpha value is -2.12. The van der Waals surface area contributed by atoms with Crippen LogP contribution in [0.25, 0.3) is 0 Å². The first-order valence-electron chi connectivity index (χ1n) is 7.88. The molecule has 1 rings (SSSR count). The second kappa shape index (κ2) is 8.12. The lowest BCUT2D eigenvalue weighted by Gasteiger charge is -2.28. The fourth-order valence-electron chi connectivity index (χ4n) is 2.32. The number of ether oxygens (including phenoxy) is 1. The van der Waals surface area contributed by atoms with E-state index in [0.29, 0.717) is 6.42 Å². The highest BCUT2D eigenvalue weighted by Crippen LogP contribution is 2.23. The number of halogens is 1. The van der Waals surface area contributed by atoms with Crippen LogP contribution in [-0.2, 0) is 14.3 Å². The number of nitrogens with zero attached hydrogens (tertiary/aromatic N) is 1. The van der Waals surface area contributed by atoms with Gasteiger partial charge in [0.05, 0.1) is 6.54 Å². The zero-order chi connectivity index (χ0) is 18.5. The van der Waals surface area contributed by atoms with E-state index in [0.717, 1.165) is 11.0 Å². The summed E-state index contributed by atoms with van der Waals surface area (Å²) in [4.78, 5) is 36.2. The van der Waals surface area contributed by atoms with Gasteiger partial charge in [-0.15, -0.1) is 0 Å². The van der Waals surface area contributed by atoms with Gasteiger partial charge in [0, 0.05) is 18.5 Å². The number of likely N-dealkylation sites (tertiary alicyclic amines) is 1. The molecule has 1 saturated heterocycles. The first-order chi connectivity index (χ1) is 11.0. The summed E-state index contributed by atoms with van der Waals surface area (Å²) < 4.78 is 18.9. The zero-order valence-corrected chi connectivity index (χ0v) is 14.4. The summed E-state index contributed by atoms with van der Waals surface area (Å²) in [7, 11) is 0. The molecule has 3 atom stereocenters. The van der Waals surface area contributed by atoms with Crippen LogP contribution in [0.2, 0.25) is 0 Å². The van der Waals surface area contributed by atoms with Crippen molar-refractivity contribution in [3.8, 4) is 0 Å². The molecule has 0 aromatic rings. The number of hydrogen-bond donors (Lipinski definition) is 2. The molecular formula is C16H25FN2O5. The van der Waals surface area contributed by atoms with Gasteiger partial charge in [0.25, 0.3) is 0 Å². The number of carboxylic acid groups (broad SMARTS) is 1. The van der Waals surface area contributed by atoms with E-state index < -0.39 is 41.8 Å². The van der Waals surface area contributed by atoms with Crippen LogP contribution in [-0.4, -0.2) is 58.4 Å². The number of nitrogens with one attached hydrogen (secondary N) is 1. The number of carbonyl (C=O) groups excluding carboxylic acids is 2. The minimum Gasteiger partial charge on any atom is -0.478 e. The first kappa shape index (κ1) is 19.9. The summed E-state index contributed by atoms with van der Waals surface area (Å²) in [5.74, 6) is -1.65. The Labute approximate surface area is 140 Å². The first-order valence-corrected chi connectivity index (χ1v) is 7.88. The van der Waals surface area contributed by atoms with Crippen LogP contribution >= 0.6 is 0 Å². The van der Waals surface area contributed by atoms with Crippen molar-refractivity contribution in [1.82, 2.24) is 10.2 Å². The van der Waals surface area contributed by atoms with E-state index in [1.807, 2.05) is 0 Å². The second-order valence-electron chi connectivity index (χ2n) is 6.70. The highest BCUT2D eigenvalue weighted by atomic mass is 19.1. The third-order valence-electron chi connectivity index (χ3n) is 3.42. The molecule has 24 heavy (non-hydrogen) atoms. The summed E-state index contributed by atoms with van der Waals surface area (Å²) in [6.07, 6.45) is 0.602. The molecule has 8 heteroatoms. The van der Waals surface area contributed by atoms with Gasteiger partial charge in [0.15, 0.2) is 0 Å². The van der Waals surface area contributed by atoms with E-state index in [1.54, 1.807) is 27.7 Å². The number of rotatable bonds is 5. The molecular weight excluding hydrogens is 319 g/mol. The maximum Gasteiger partial charge on any atom is 0.411 e. The summed E-state index contributed by atoms with van der Waals surface area (Å²) in [5, 5.41) is 11.3. The molecule has 0 bridgehead atoms. The van der Waals surface area contributed by atoms with Gasteiger partial charge in [-0.25, -0.2) is 14.0 Å². The molecule has 7 nitrogen and oxygen atoms in total. The summed E-state index contributed by atoms with van der Waals surface area (Å²) in [6, 6.07) is -1.48. The predicted octanol–water partition coefficient (Wildman–Crippen LogP) is 1.87. The molecule has 0 radical (unpaired) electrons. The van der Waals surface area contributed by atoms with E-state index >= 15 is 0 Å². The van der Waals surface area contributed by atoms with Gasteiger partial charge in [-0.1, -0.05) is 13.0 Å². The highest BCUT2D eigenvalue weighted by Gasteiger charge is 2.41. The normalized spacial score (nSPS) is 22.5. The van der Waals surface area contributed by atoms with Crippen molar-refractivity contribution in [1.29, 1.82) is 0 Å². The number of aliphatic carboxylic acids is 1. The maximum absolute atomic E-state index is 13.7. The largest absolute Gasteiger partial charge is 0.478 e. The zero-order valence-electron chi connectivity index (χ0n) is 14.4. The van der Waals surface area contributed by atoms with Crippen molar-refractivity contribution in [3.05, 3.63) is 12.2 Å². The van der Waals surface area contributed by atoms with E-state index in [1.165, 1.54) is 6.08 Å². The number of amides is 2. The molecule has 0 saturated carbocycles. The van der Waals surface area contributed by atoms with Gasteiger partial charge in [0.2, 0.25) is 5.91 Å². The van der Waals surface area contributed by atoms with Gasteiger partial charge >= 0.3 is 12.1 Å². The third kappa shape index (κ3) is 6.17. The molecule has 2 amide bonds. The van der Waals surface area contributed by atoms with Crippen molar-refractivity contribution < 1.29 is 28.6 Å². The predicted molar refractivity (Wildman–Crippen MR) is 85.2 cm³/mol. The van der Waals surface area contributed by atoms with Crippen molar-refractivity contribution in [2.45, 2.75) is 64.4 Å². The molecule has 0 spiro atoms. The smallest absolute Gasteiger partial charge is 0.411 e. The van der Waals surface area contributed by atoms with Crippen LogP contribution in [0.3, 0.4) is 0 Å². The monoisotopic (exact) mass is 344 g/mol. The number of hydrogen-bond acceptors (Lipinski definition) is 4. The lowest BCUT2D eigenvalue weighted by Crippen LogP contribution is -2.49. The molecule has 2 N–H and O–H groups in total. The van der Waals surface area contributed by atoms with Crippen molar-refractivity contribution >= 4 is 18.0 Å².